The summed E-state index contributed by atoms with van der Waals surface area (Å²) in [6.45, 7) is 2.52. The monoisotopic (exact) mass is 355 g/mol. The Kier molecular flexibility index (Phi) is 5.30. The first-order valence-corrected chi connectivity index (χ1v) is 8.77. The Hall–Kier alpha value is -2.87. The fraction of sp³-hybridized carbons (Fsp3) is 0.235. The number of hydrogen-bond donors (Lipinski definition) is 1. The molecule has 3 aromatic rings. The Bertz CT molecular complexity index is 920. The molecule has 0 aliphatic rings. The molecule has 0 saturated carbocycles. The van der Waals surface area contributed by atoms with Gasteiger partial charge in [0.25, 0.3) is 11.5 Å². The minimum Gasteiger partial charge on any atom is -0.295 e. The van der Waals surface area contributed by atoms with Crippen molar-refractivity contribution in [1.82, 2.24) is 20.0 Å². The highest BCUT2D eigenvalue weighted by molar-refractivity contribution is 7.18. The van der Waals surface area contributed by atoms with E-state index in [1.807, 2.05) is 37.3 Å². The molecule has 128 valence electrons. The number of hydrogen-bond acceptors (Lipinski definition) is 6. The van der Waals surface area contributed by atoms with Gasteiger partial charge in [-0.05, 0) is 12.5 Å². The minimum atomic E-state index is -0.416. The molecule has 25 heavy (non-hydrogen) atoms. The molecule has 0 aliphatic heterocycles. The average Bonchev–Trinajstić information content (AvgIpc) is 3.10. The molecule has 1 aromatic carbocycles. The summed E-state index contributed by atoms with van der Waals surface area (Å²) in [4.78, 5) is 24.1. The summed E-state index contributed by atoms with van der Waals surface area (Å²) >= 11 is 1.28. The first kappa shape index (κ1) is 17.0. The number of amides is 1. The lowest BCUT2D eigenvalue weighted by atomic mass is 10.2. The van der Waals surface area contributed by atoms with Crippen molar-refractivity contribution in [3.05, 3.63) is 58.5 Å². The quantitative estimate of drug-likeness (QED) is 0.734. The Labute approximate surface area is 148 Å². The Morgan fingerprint density at radius 1 is 1.16 bits per heavy atom. The Balaban J connectivity index is 1.74. The van der Waals surface area contributed by atoms with Gasteiger partial charge < -0.3 is 0 Å². The van der Waals surface area contributed by atoms with Gasteiger partial charge in [-0.25, -0.2) is 4.68 Å². The van der Waals surface area contributed by atoms with E-state index in [4.69, 9.17) is 0 Å². The lowest BCUT2D eigenvalue weighted by Crippen LogP contribution is -2.26. The van der Waals surface area contributed by atoms with Crippen LogP contribution in [0.15, 0.2) is 47.3 Å². The molecule has 2 heterocycles. The van der Waals surface area contributed by atoms with Gasteiger partial charge in [0.15, 0.2) is 0 Å². The molecular weight excluding hydrogens is 338 g/mol. The topological polar surface area (TPSA) is 89.8 Å². The Morgan fingerprint density at radius 3 is 2.72 bits per heavy atom. The summed E-state index contributed by atoms with van der Waals surface area (Å²) in [6.07, 6.45) is 1.77. The van der Waals surface area contributed by atoms with E-state index in [1.54, 1.807) is 0 Å². The molecule has 0 spiro atoms. The summed E-state index contributed by atoms with van der Waals surface area (Å²) in [5.41, 5.74) is 0.895. The molecule has 0 radical (unpaired) electrons. The molecule has 7 nitrogen and oxygen atoms in total. The lowest BCUT2D eigenvalue weighted by Gasteiger charge is -2.05. The van der Waals surface area contributed by atoms with E-state index in [0.717, 1.165) is 23.4 Å². The van der Waals surface area contributed by atoms with Crippen LogP contribution in [0.2, 0.25) is 0 Å². The van der Waals surface area contributed by atoms with Crippen molar-refractivity contribution >= 4 is 22.4 Å². The number of nitrogens with zero attached hydrogens (tertiary/aromatic N) is 4. The highest BCUT2D eigenvalue weighted by Crippen LogP contribution is 2.25. The van der Waals surface area contributed by atoms with Gasteiger partial charge >= 0.3 is 0 Å². The number of nitrogens with one attached hydrogen (secondary N) is 1. The van der Waals surface area contributed by atoms with Gasteiger partial charge in [0, 0.05) is 18.2 Å². The molecule has 3 rings (SSSR count). The largest absolute Gasteiger partial charge is 0.295 e. The van der Waals surface area contributed by atoms with Gasteiger partial charge in [-0.1, -0.05) is 55.0 Å². The van der Waals surface area contributed by atoms with Crippen molar-refractivity contribution < 1.29 is 4.79 Å². The normalized spacial score (nSPS) is 10.6. The summed E-state index contributed by atoms with van der Waals surface area (Å²) in [7, 11) is 0. The van der Waals surface area contributed by atoms with Crippen LogP contribution < -0.4 is 10.9 Å². The van der Waals surface area contributed by atoms with E-state index in [0.29, 0.717) is 11.7 Å². The summed E-state index contributed by atoms with van der Waals surface area (Å²) in [5.74, 6) is -0.416. The number of carbonyl (C=O) groups excluding carboxylic acids is 1. The molecule has 2 aromatic heterocycles. The first-order valence-electron chi connectivity index (χ1n) is 7.96. The standard InChI is InChI=1S/C17H17N5O2S/c1-2-3-11-22-14(23)10-9-13(21-22)15(24)18-17-20-19-16(25-17)12-7-5-4-6-8-12/h4-10H,2-3,11H2,1H3,(H,18,20,24). The van der Waals surface area contributed by atoms with Crippen LogP contribution in [-0.2, 0) is 6.54 Å². The van der Waals surface area contributed by atoms with E-state index in [1.165, 1.54) is 28.2 Å². The van der Waals surface area contributed by atoms with Gasteiger partial charge in [-0.15, -0.1) is 10.2 Å². The molecule has 1 amide bonds. The molecule has 0 aliphatic carbocycles. The minimum absolute atomic E-state index is 0.173. The van der Waals surface area contributed by atoms with Crippen molar-refractivity contribution in [2.45, 2.75) is 26.3 Å². The Morgan fingerprint density at radius 2 is 1.96 bits per heavy atom. The second-order valence-electron chi connectivity index (χ2n) is 5.37. The highest BCUT2D eigenvalue weighted by atomic mass is 32.1. The predicted octanol–water partition coefficient (Wildman–Crippen LogP) is 2.81. The van der Waals surface area contributed by atoms with E-state index in [-0.39, 0.29) is 11.3 Å². The molecule has 0 bridgehead atoms. The third kappa shape index (κ3) is 4.16. The zero-order valence-electron chi connectivity index (χ0n) is 13.7. The molecule has 8 heteroatoms. The number of aryl methyl sites for hydroxylation is 1. The van der Waals surface area contributed by atoms with Crippen LogP contribution in [0.5, 0.6) is 0 Å². The van der Waals surface area contributed by atoms with Crippen LogP contribution >= 0.6 is 11.3 Å². The van der Waals surface area contributed by atoms with E-state index in [9.17, 15) is 9.59 Å². The predicted molar refractivity (Wildman–Crippen MR) is 96.7 cm³/mol. The van der Waals surface area contributed by atoms with E-state index >= 15 is 0 Å². The van der Waals surface area contributed by atoms with Crippen molar-refractivity contribution in [2.75, 3.05) is 5.32 Å². The van der Waals surface area contributed by atoms with Crippen LogP contribution in [-0.4, -0.2) is 25.9 Å². The highest BCUT2D eigenvalue weighted by Gasteiger charge is 2.13. The van der Waals surface area contributed by atoms with Crippen molar-refractivity contribution in [3.8, 4) is 10.6 Å². The van der Waals surface area contributed by atoms with Crippen LogP contribution in [0.3, 0.4) is 0 Å². The molecular formula is C17H17N5O2S. The summed E-state index contributed by atoms with van der Waals surface area (Å²) < 4.78 is 1.31. The van der Waals surface area contributed by atoms with Gasteiger partial charge in [-0.2, -0.15) is 5.10 Å². The third-order valence-corrected chi connectivity index (χ3v) is 4.38. The first-order chi connectivity index (χ1) is 12.2. The maximum atomic E-state index is 12.3. The fourth-order valence-electron chi connectivity index (χ4n) is 2.17. The van der Waals surface area contributed by atoms with Gasteiger partial charge in [0.05, 0.1) is 0 Å². The fourth-order valence-corrected chi connectivity index (χ4v) is 2.91. The zero-order chi connectivity index (χ0) is 17.6. The van der Waals surface area contributed by atoms with Crippen LogP contribution in [0.4, 0.5) is 5.13 Å². The zero-order valence-corrected chi connectivity index (χ0v) is 14.5. The van der Waals surface area contributed by atoms with Crippen molar-refractivity contribution in [3.63, 3.8) is 0 Å². The molecule has 0 saturated heterocycles. The smallest absolute Gasteiger partial charge is 0.277 e. The SMILES string of the molecule is CCCCn1nc(C(=O)Nc2nnc(-c3ccccc3)s2)ccc1=O. The summed E-state index contributed by atoms with van der Waals surface area (Å²) in [5, 5.41) is 16.0. The number of carbonyl (C=O) groups is 1. The summed E-state index contributed by atoms with van der Waals surface area (Å²) in [6, 6.07) is 12.4. The maximum absolute atomic E-state index is 12.3. The maximum Gasteiger partial charge on any atom is 0.277 e. The average molecular weight is 355 g/mol. The number of anilines is 1. The number of benzene rings is 1. The van der Waals surface area contributed by atoms with Gasteiger partial charge in [-0.3, -0.25) is 14.9 Å². The van der Waals surface area contributed by atoms with Crippen LogP contribution in [0.25, 0.3) is 10.6 Å². The molecule has 0 unspecified atom stereocenters. The number of unbranched alkanes of at least 4 members (excludes halogenated alkanes) is 1. The molecule has 0 atom stereocenters. The van der Waals surface area contributed by atoms with Crippen LogP contribution in [0.1, 0.15) is 30.3 Å². The number of aromatic nitrogens is 4. The van der Waals surface area contributed by atoms with Crippen LogP contribution in [0, 0.1) is 0 Å². The molecule has 1 N–H and O–H groups in total. The van der Waals surface area contributed by atoms with Gasteiger partial charge in [0.1, 0.15) is 10.7 Å². The van der Waals surface area contributed by atoms with Gasteiger partial charge in [0.2, 0.25) is 5.13 Å². The van der Waals surface area contributed by atoms with E-state index in [2.05, 4.69) is 20.6 Å². The van der Waals surface area contributed by atoms with E-state index < -0.39 is 5.91 Å². The molecule has 0 fully saturated rings. The van der Waals surface area contributed by atoms with Crippen molar-refractivity contribution in [1.29, 1.82) is 0 Å². The third-order valence-electron chi connectivity index (χ3n) is 3.49. The lowest BCUT2D eigenvalue weighted by molar-refractivity contribution is 0.101. The second kappa shape index (κ2) is 7.80. The van der Waals surface area contributed by atoms with Crippen molar-refractivity contribution in [2.24, 2.45) is 0 Å². The second-order valence-corrected chi connectivity index (χ2v) is 6.34. The number of rotatable bonds is 6.